The van der Waals surface area contributed by atoms with Gasteiger partial charge in [-0.15, -0.1) is 5.10 Å². The van der Waals surface area contributed by atoms with Crippen molar-refractivity contribution in [1.29, 1.82) is 0 Å². The Kier molecular flexibility index (Phi) is 5.11. The predicted molar refractivity (Wildman–Crippen MR) is 98.2 cm³/mol. The molecule has 1 unspecified atom stereocenters. The molecule has 1 aromatic heterocycles. The molecule has 0 bridgehead atoms. The summed E-state index contributed by atoms with van der Waals surface area (Å²) in [4.78, 5) is 24.8. The third kappa shape index (κ3) is 3.49. The second-order valence-electron chi connectivity index (χ2n) is 6.07. The van der Waals surface area contributed by atoms with Gasteiger partial charge >= 0.3 is 5.97 Å². The van der Waals surface area contributed by atoms with E-state index in [9.17, 15) is 9.59 Å². The molecular formula is C20H21N3O3. The number of hydrogen-bond acceptors (Lipinski definition) is 5. The smallest absolute Gasteiger partial charge is 0.338 e. The standard InChI is InChI=1S/C20H21N3O3/c1-4-14-6-8-15(9-7-14)19(24)13(3)26-20(25)16-10-11-18-17(12-16)21-22-23(18)5-2/h6-13H,4-5H2,1-3H3. The predicted octanol–water partition coefficient (Wildman–Crippen LogP) is 3.44. The van der Waals surface area contributed by atoms with Gasteiger partial charge in [-0.2, -0.15) is 0 Å². The SMILES string of the molecule is CCc1ccc(C(=O)C(C)OC(=O)c2ccc3c(c2)nnn3CC)cc1. The Morgan fingerprint density at radius 3 is 2.42 bits per heavy atom. The maximum absolute atomic E-state index is 12.5. The molecule has 3 rings (SSSR count). The molecule has 6 heteroatoms. The van der Waals surface area contributed by atoms with Crippen molar-refractivity contribution in [3.8, 4) is 0 Å². The third-order valence-corrected chi connectivity index (χ3v) is 4.35. The summed E-state index contributed by atoms with van der Waals surface area (Å²) in [7, 11) is 0. The van der Waals surface area contributed by atoms with E-state index in [0.717, 1.165) is 17.5 Å². The number of hydrogen-bond donors (Lipinski definition) is 0. The molecule has 1 atom stereocenters. The lowest BCUT2D eigenvalue weighted by Crippen LogP contribution is -2.24. The Labute approximate surface area is 151 Å². The van der Waals surface area contributed by atoms with Gasteiger partial charge in [0.25, 0.3) is 0 Å². The number of Topliss-reactive ketones (excluding diaryl/α,β-unsaturated/α-hetero) is 1. The molecule has 0 aliphatic rings. The van der Waals surface area contributed by atoms with Crippen LogP contribution in [0.25, 0.3) is 11.0 Å². The summed E-state index contributed by atoms with van der Waals surface area (Å²) in [6.45, 7) is 6.30. The van der Waals surface area contributed by atoms with Gasteiger partial charge in [-0.05, 0) is 44.0 Å². The lowest BCUT2D eigenvalue weighted by atomic mass is 10.0. The molecule has 6 nitrogen and oxygen atoms in total. The highest BCUT2D eigenvalue weighted by atomic mass is 16.5. The molecule has 0 amide bonds. The first-order chi connectivity index (χ1) is 12.5. The van der Waals surface area contributed by atoms with Crippen LogP contribution >= 0.6 is 0 Å². The van der Waals surface area contributed by atoms with Gasteiger partial charge in [0.2, 0.25) is 5.78 Å². The second kappa shape index (κ2) is 7.47. The van der Waals surface area contributed by atoms with Crippen molar-refractivity contribution in [2.75, 3.05) is 0 Å². The van der Waals surface area contributed by atoms with E-state index in [1.807, 2.05) is 19.1 Å². The van der Waals surface area contributed by atoms with Crippen LogP contribution < -0.4 is 0 Å². The molecule has 1 heterocycles. The average molecular weight is 351 g/mol. The van der Waals surface area contributed by atoms with Crippen LogP contribution in [-0.4, -0.2) is 32.9 Å². The zero-order chi connectivity index (χ0) is 18.7. The van der Waals surface area contributed by atoms with E-state index in [-0.39, 0.29) is 5.78 Å². The van der Waals surface area contributed by atoms with Gasteiger partial charge in [0.1, 0.15) is 5.52 Å². The number of rotatable bonds is 6. The fourth-order valence-electron chi connectivity index (χ4n) is 2.75. The minimum atomic E-state index is -0.864. The Balaban J connectivity index is 1.72. The molecule has 26 heavy (non-hydrogen) atoms. The first-order valence-electron chi connectivity index (χ1n) is 8.70. The van der Waals surface area contributed by atoms with Gasteiger partial charge < -0.3 is 4.74 Å². The minimum absolute atomic E-state index is 0.223. The van der Waals surface area contributed by atoms with Crippen molar-refractivity contribution in [2.45, 2.75) is 39.8 Å². The van der Waals surface area contributed by atoms with Crippen LogP contribution in [0, 0.1) is 0 Å². The third-order valence-electron chi connectivity index (χ3n) is 4.35. The Morgan fingerprint density at radius 2 is 1.77 bits per heavy atom. The van der Waals surface area contributed by atoms with E-state index < -0.39 is 12.1 Å². The number of benzene rings is 2. The highest BCUT2D eigenvalue weighted by Gasteiger charge is 2.21. The van der Waals surface area contributed by atoms with E-state index in [1.54, 1.807) is 41.9 Å². The molecule has 134 valence electrons. The maximum atomic E-state index is 12.5. The first kappa shape index (κ1) is 17.8. The monoisotopic (exact) mass is 351 g/mol. The number of ketones is 1. The molecular weight excluding hydrogens is 330 g/mol. The number of aromatic nitrogens is 3. The quantitative estimate of drug-likeness (QED) is 0.502. The average Bonchev–Trinajstić information content (AvgIpc) is 3.09. The minimum Gasteiger partial charge on any atom is -0.451 e. The normalized spacial score (nSPS) is 12.1. The summed E-state index contributed by atoms with van der Waals surface area (Å²) in [5.41, 5.74) is 3.50. The van der Waals surface area contributed by atoms with E-state index >= 15 is 0 Å². The van der Waals surface area contributed by atoms with Gasteiger partial charge in [-0.3, -0.25) is 4.79 Å². The number of ether oxygens (including phenoxy) is 1. The zero-order valence-electron chi connectivity index (χ0n) is 15.1. The maximum Gasteiger partial charge on any atom is 0.338 e. The van der Waals surface area contributed by atoms with Crippen LogP contribution in [0.3, 0.4) is 0 Å². The largest absolute Gasteiger partial charge is 0.451 e. The topological polar surface area (TPSA) is 74.1 Å². The number of fused-ring (bicyclic) bond motifs is 1. The molecule has 0 saturated heterocycles. The zero-order valence-corrected chi connectivity index (χ0v) is 15.1. The Morgan fingerprint density at radius 1 is 1.08 bits per heavy atom. The number of esters is 1. The fourth-order valence-corrected chi connectivity index (χ4v) is 2.75. The summed E-state index contributed by atoms with van der Waals surface area (Å²) < 4.78 is 7.09. The Hall–Kier alpha value is -3.02. The highest BCUT2D eigenvalue weighted by molar-refractivity contribution is 6.01. The molecule has 0 saturated carbocycles. The van der Waals surface area contributed by atoms with Crippen LogP contribution in [0.2, 0.25) is 0 Å². The van der Waals surface area contributed by atoms with Crippen molar-refractivity contribution in [2.24, 2.45) is 0 Å². The van der Waals surface area contributed by atoms with Gasteiger partial charge in [0.15, 0.2) is 6.10 Å². The molecule has 0 spiro atoms. The summed E-state index contributed by atoms with van der Waals surface area (Å²) >= 11 is 0. The molecule has 0 radical (unpaired) electrons. The number of aryl methyl sites for hydroxylation is 2. The summed E-state index contributed by atoms with van der Waals surface area (Å²) in [6, 6.07) is 12.4. The van der Waals surface area contributed by atoms with E-state index in [2.05, 4.69) is 17.2 Å². The summed E-state index contributed by atoms with van der Waals surface area (Å²) in [5.74, 6) is -0.775. The lowest BCUT2D eigenvalue weighted by molar-refractivity contribution is 0.0319. The summed E-state index contributed by atoms with van der Waals surface area (Å²) in [5, 5.41) is 8.07. The number of carbonyl (C=O) groups excluding carboxylic acids is 2. The molecule has 0 fully saturated rings. The summed E-state index contributed by atoms with van der Waals surface area (Å²) in [6.07, 6.45) is 0.0430. The van der Waals surface area contributed by atoms with Gasteiger partial charge in [-0.1, -0.05) is 36.4 Å². The van der Waals surface area contributed by atoms with Crippen LogP contribution in [0.4, 0.5) is 0 Å². The van der Waals surface area contributed by atoms with Crippen LogP contribution in [0.5, 0.6) is 0 Å². The molecule has 0 N–H and O–H groups in total. The Bertz CT molecular complexity index is 945. The van der Waals surface area contributed by atoms with Gasteiger partial charge in [0, 0.05) is 12.1 Å². The van der Waals surface area contributed by atoms with Crippen LogP contribution in [0.15, 0.2) is 42.5 Å². The molecule has 0 aliphatic heterocycles. The first-order valence-corrected chi connectivity index (χ1v) is 8.70. The van der Waals surface area contributed by atoms with Crippen molar-refractivity contribution in [3.63, 3.8) is 0 Å². The van der Waals surface area contributed by atoms with Crippen molar-refractivity contribution in [3.05, 3.63) is 59.2 Å². The van der Waals surface area contributed by atoms with E-state index in [0.29, 0.717) is 23.2 Å². The van der Waals surface area contributed by atoms with Crippen LogP contribution in [-0.2, 0) is 17.7 Å². The second-order valence-corrected chi connectivity index (χ2v) is 6.07. The lowest BCUT2D eigenvalue weighted by Gasteiger charge is -2.12. The fraction of sp³-hybridized carbons (Fsp3) is 0.300. The number of nitrogens with zero attached hydrogens (tertiary/aromatic N) is 3. The highest BCUT2D eigenvalue weighted by Crippen LogP contribution is 2.16. The molecule has 0 aliphatic carbocycles. The van der Waals surface area contributed by atoms with Crippen molar-refractivity contribution in [1.82, 2.24) is 15.0 Å². The van der Waals surface area contributed by atoms with Crippen LogP contribution in [0.1, 0.15) is 47.1 Å². The van der Waals surface area contributed by atoms with E-state index in [1.165, 1.54) is 0 Å². The van der Waals surface area contributed by atoms with Gasteiger partial charge in [-0.25, -0.2) is 9.48 Å². The van der Waals surface area contributed by atoms with E-state index in [4.69, 9.17) is 4.74 Å². The number of carbonyl (C=O) groups is 2. The van der Waals surface area contributed by atoms with Crippen molar-refractivity contribution < 1.29 is 14.3 Å². The molecule has 2 aromatic carbocycles. The van der Waals surface area contributed by atoms with Crippen molar-refractivity contribution >= 4 is 22.8 Å². The van der Waals surface area contributed by atoms with Gasteiger partial charge in [0.05, 0.1) is 11.1 Å². The molecule has 3 aromatic rings.